The van der Waals surface area contributed by atoms with Crippen molar-refractivity contribution < 1.29 is 14.6 Å². The zero-order chi connectivity index (χ0) is 21.5. The van der Waals surface area contributed by atoms with Gasteiger partial charge in [0.25, 0.3) is 5.91 Å². The number of hydrogen-bond donors (Lipinski definition) is 4. The first kappa shape index (κ1) is 20.2. The Morgan fingerprint density at radius 2 is 2.00 bits per heavy atom. The Morgan fingerprint density at radius 3 is 2.74 bits per heavy atom. The van der Waals surface area contributed by atoms with E-state index in [2.05, 4.69) is 40.7 Å². The molecule has 1 aromatic heterocycles. The molecule has 2 aromatic rings. The van der Waals surface area contributed by atoms with Crippen LogP contribution in [0.25, 0.3) is 5.57 Å². The Kier molecular flexibility index (Phi) is 5.26. The van der Waals surface area contributed by atoms with Gasteiger partial charge < -0.3 is 25.5 Å². The lowest BCUT2D eigenvalue weighted by Gasteiger charge is -2.30. The lowest BCUT2D eigenvalue weighted by atomic mass is 9.90. The summed E-state index contributed by atoms with van der Waals surface area (Å²) in [6, 6.07) is 8.07. The van der Waals surface area contributed by atoms with Crippen molar-refractivity contribution in [1.29, 1.82) is 0 Å². The molecule has 3 aliphatic rings. The number of aliphatic hydroxyl groups is 1. The van der Waals surface area contributed by atoms with Crippen molar-refractivity contribution in [3.05, 3.63) is 58.5 Å². The number of allylic oxidation sites excluding steroid dienone is 1. The third kappa shape index (κ3) is 3.97. The molecule has 0 radical (unpaired) electrons. The first-order chi connectivity index (χ1) is 15.0. The van der Waals surface area contributed by atoms with Gasteiger partial charge in [0.05, 0.1) is 36.1 Å². The minimum Gasteiger partial charge on any atom is -0.493 e. The number of rotatable bonds is 6. The topological polar surface area (TPSA) is 86.4 Å². The molecule has 0 saturated heterocycles. The van der Waals surface area contributed by atoms with Crippen LogP contribution in [0, 0.1) is 12.8 Å². The standard InChI is InChI=1S/C25H31N3O3/c1-14-6-9-21(31-13-16-7-8-16)18(12-14)23-17-10-11-26-24(17)22(15(2)27-23)25(30)28-19-4-3-5-20(19)29/h6,9-12,16,19-20,23,26-27,29H,3-5,7-8,13H2,1-2H3,(H,28,30)/t19-,20-,23?/m0/s1. The highest BCUT2D eigenvalue weighted by Crippen LogP contribution is 2.40. The molecular weight excluding hydrogens is 390 g/mol. The number of carbonyl (C=O) groups is 1. The lowest BCUT2D eigenvalue weighted by Crippen LogP contribution is -2.42. The summed E-state index contributed by atoms with van der Waals surface area (Å²) in [4.78, 5) is 16.4. The summed E-state index contributed by atoms with van der Waals surface area (Å²) >= 11 is 0. The van der Waals surface area contributed by atoms with Gasteiger partial charge in [0, 0.05) is 23.0 Å². The maximum atomic E-state index is 13.2. The number of nitrogens with one attached hydrogen (secondary N) is 3. The normalized spacial score (nSPS) is 25.2. The molecule has 4 N–H and O–H groups in total. The second kappa shape index (κ2) is 8.08. The van der Waals surface area contributed by atoms with E-state index in [0.717, 1.165) is 54.1 Å². The van der Waals surface area contributed by atoms with Crippen LogP contribution in [0.1, 0.15) is 67.5 Å². The zero-order valence-electron chi connectivity index (χ0n) is 18.2. The van der Waals surface area contributed by atoms with Gasteiger partial charge in [-0.3, -0.25) is 4.79 Å². The maximum absolute atomic E-state index is 13.2. The number of benzene rings is 1. The van der Waals surface area contributed by atoms with Gasteiger partial charge in [0.15, 0.2) is 0 Å². The SMILES string of the molecule is CC1=C(C(=O)N[C@H]2CCC[C@@H]2O)c2[nH]ccc2C(c2cc(C)ccc2OCC2CC2)N1. The number of H-pyrrole nitrogens is 1. The number of carbonyl (C=O) groups excluding carboxylic acids is 1. The molecule has 2 aliphatic carbocycles. The molecule has 1 aromatic carbocycles. The quantitative estimate of drug-likeness (QED) is 0.574. The van der Waals surface area contributed by atoms with Crippen molar-refractivity contribution in [2.45, 2.75) is 64.1 Å². The van der Waals surface area contributed by atoms with Crippen LogP contribution < -0.4 is 15.4 Å². The van der Waals surface area contributed by atoms with Crippen LogP contribution in [0.2, 0.25) is 0 Å². The third-order valence-electron chi connectivity index (χ3n) is 6.75. The number of aryl methyl sites for hydroxylation is 1. The van der Waals surface area contributed by atoms with Gasteiger partial charge in [-0.05, 0) is 70.1 Å². The minimum atomic E-state index is -0.462. The number of ether oxygens (including phenoxy) is 1. The van der Waals surface area contributed by atoms with Crippen LogP contribution in [0.5, 0.6) is 5.75 Å². The van der Waals surface area contributed by atoms with E-state index in [1.807, 2.05) is 19.2 Å². The summed E-state index contributed by atoms with van der Waals surface area (Å²) in [5, 5.41) is 16.7. The van der Waals surface area contributed by atoms with E-state index in [0.29, 0.717) is 11.5 Å². The third-order valence-corrected chi connectivity index (χ3v) is 6.75. The summed E-state index contributed by atoms with van der Waals surface area (Å²) < 4.78 is 6.20. The summed E-state index contributed by atoms with van der Waals surface area (Å²) in [6.45, 7) is 4.79. The largest absolute Gasteiger partial charge is 0.493 e. The van der Waals surface area contributed by atoms with Gasteiger partial charge in [0.2, 0.25) is 0 Å². The lowest BCUT2D eigenvalue weighted by molar-refractivity contribution is -0.117. The monoisotopic (exact) mass is 421 g/mol. The number of aromatic amines is 1. The van der Waals surface area contributed by atoms with Crippen LogP contribution in [0.3, 0.4) is 0 Å². The molecule has 1 amide bonds. The molecule has 1 aliphatic heterocycles. The van der Waals surface area contributed by atoms with Crippen molar-refractivity contribution in [2.75, 3.05) is 6.61 Å². The van der Waals surface area contributed by atoms with E-state index in [1.54, 1.807) is 0 Å². The smallest absolute Gasteiger partial charge is 0.255 e. The molecule has 164 valence electrons. The maximum Gasteiger partial charge on any atom is 0.255 e. The zero-order valence-corrected chi connectivity index (χ0v) is 18.2. The fraction of sp³-hybridized carbons (Fsp3) is 0.480. The summed E-state index contributed by atoms with van der Waals surface area (Å²) in [5.41, 5.74) is 5.56. The highest BCUT2D eigenvalue weighted by atomic mass is 16.5. The Morgan fingerprint density at radius 1 is 1.16 bits per heavy atom. The second-order valence-corrected chi connectivity index (χ2v) is 9.26. The van der Waals surface area contributed by atoms with Gasteiger partial charge in [-0.1, -0.05) is 11.6 Å². The molecule has 3 atom stereocenters. The minimum absolute atomic E-state index is 0.0935. The molecule has 2 fully saturated rings. The summed E-state index contributed by atoms with van der Waals surface area (Å²) in [6.07, 6.45) is 6.43. The van der Waals surface area contributed by atoms with Crippen molar-refractivity contribution in [3.8, 4) is 5.75 Å². The molecule has 6 nitrogen and oxygen atoms in total. The molecule has 2 heterocycles. The van der Waals surface area contributed by atoms with Crippen LogP contribution in [0.15, 0.2) is 36.2 Å². The summed E-state index contributed by atoms with van der Waals surface area (Å²) in [7, 11) is 0. The average molecular weight is 422 g/mol. The van der Waals surface area contributed by atoms with Gasteiger partial charge >= 0.3 is 0 Å². The Hall–Kier alpha value is -2.73. The highest BCUT2D eigenvalue weighted by Gasteiger charge is 2.34. The molecule has 1 unspecified atom stereocenters. The number of fused-ring (bicyclic) bond motifs is 1. The highest BCUT2D eigenvalue weighted by molar-refractivity contribution is 6.20. The van der Waals surface area contributed by atoms with Crippen LogP contribution >= 0.6 is 0 Å². The fourth-order valence-electron chi connectivity index (χ4n) is 4.79. The molecule has 6 heteroatoms. The first-order valence-electron chi connectivity index (χ1n) is 11.4. The Bertz CT molecular complexity index is 1020. The second-order valence-electron chi connectivity index (χ2n) is 9.26. The van der Waals surface area contributed by atoms with E-state index < -0.39 is 6.10 Å². The van der Waals surface area contributed by atoms with Crippen LogP contribution in [-0.4, -0.2) is 34.8 Å². The number of aromatic nitrogens is 1. The van der Waals surface area contributed by atoms with Crippen molar-refractivity contribution in [1.82, 2.24) is 15.6 Å². The molecule has 5 rings (SSSR count). The van der Waals surface area contributed by atoms with Crippen LogP contribution in [-0.2, 0) is 4.79 Å². The number of hydrogen-bond acceptors (Lipinski definition) is 4. The molecule has 0 bridgehead atoms. The van der Waals surface area contributed by atoms with E-state index in [-0.39, 0.29) is 18.0 Å². The number of aliphatic hydroxyl groups excluding tert-OH is 1. The van der Waals surface area contributed by atoms with E-state index in [9.17, 15) is 9.90 Å². The van der Waals surface area contributed by atoms with E-state index in [1.165, 1.54) is 18.4 Å². The fourth-order valence-corrected chi connectivity index (χ4v) is 4.79. The molecule has 31 heavy (non-hydrogen) atoms. The van der Waals surface area contributed by atoms with Crippen LogP contribution in [0.4, 0.5) is 0 Å². The Balaban J connectivity index is 1.45. The van der Waals surface area contributed by atoms with E-state index in [4.69, 9.17) is 4.74 Å². The predicted molar refractivity (Wildman–Crippen MR) is 120 cm³/mol. The van der Waals surface area contributed by atoms with E-state index >= 15 is 0 Å². The van der Waals surface area contributed by atoms with Crippen molar-refractivity contribution in [3.63, 3.8) is 0 Å². The van der Waals surface area contributed by atoms with Crippen molar-refractivity contribution >= 4 is 11.5 Å². The van der Waals surface area contributed by atoms with Gasteiger partial charge in [-0.25, -0.2) is 0 Å². The van der Waals surface area contributed by atoms with Gasteiger partial charge in [-0.2, -0.15) is 0 Å². The summed E-state index contributed by atoms with van der Waals surface area (Å²) in [5.74, 6) is 1.43. The first-order valence-corrected chi connectivity index (χ1v) is 11.4. The molecule has 2 saturated carbocycles. The predicted octanol–water partition coefficient (Wildman–Crippen LogP) is 3.57. The average Bonchev–Trinajstić information content (AvgIpc) is 3.30. The molecule has 0 spiro atoms. The Labute approximate surface area is 183 Å². The van der Waals surface area contributed by atoms with Gasteiger partial charge in [-0.15, -0.1) is 0 Å². The van der Waals surface area contributed by atoms with Gasteiger partial charge in [0.1, 0.15) is 5.75 Å². The number of amides is 1. The van der Waals surface area contributed by atoms with Crippen molar-refractivity contribution in [2.24, 2.45) is 5.92 Å². The molecular formula is C25H31N3O3.